The van der Waals surface area contributed by atoms with Crippen LogP contribution in [0.25, 0.3) is 0 Å². The zero-order valence-electron chi connectivity index (χ0n) is 20.9. The smallest absolute Gasteiger partial charge is 0.325 e. The van der Waals surface area contributed by atoms with Gasteiger partial charge in [-0.1, -0.05) is 20.8 Å². The number of amides is 1. The summed E-state index contributed by atoms with van der Waals surface area (Å²) in [4.78, 5) is 34.1. The predicted molar refractivity (Wildman–Crippen MR) is 126 cm³/mol. The van der Waals surface area contributed by atoms with Crippen molar-refractivity contribution in [2.75, 3.05) is 6.54 Å². The van der Waals surface area contributed by atoms with Gasteiger partial charge in [0.05, 0.1) is 17.5 Å². The van der Waals surface area contributed by atoms with E-state index in [1.807, 2.05) is 0 Å². The molecule has 4 rings (SSSR count). The topological polar surface area (TPSA) is 128 Å². The molecule has 3 N–H and O–H groups in total. The predicted octanol–water partition coefficient (Wildman–Crippen LogP) is 3.99. The Hall–Kier alpha value is -1.54. The molecule has 34 heavy (non-hydrogen) atoms. The van der Waals surface area contributed by atoms with E-state index in [1.54, 1.807) is 0 Å². The molecule has 1 amide bonds. The molecule has 0 radical (unpaired) electrons. The molecule has 0 unspecified atom stereocenters. The lowest BCUT2D eigenvalue weighted by molar-refractivity contribution is -0.174. The van der Waals surface area contributed by atoms with Crippen LogP contribution >= 0.6 is 0 Å². The van der Waals surface area contributed by atoms with Gasteiger partial charge in [0.15, 0.2) is 0 Å². The average Bonchev–Trinajstić information content (AvgIpc) is 3.13. The second-order valence-corrected chi connectivity index (χ2v) is 12.4. The highest BCUT2D eigenvalue weighted by Crippen LogP contribution is 2.68. The number of hydrogen-bond acceptors (Lipinski definition) is 6. The Morgan fingerprint density at radius 2 is 1.71 bits per heavy atom. The molecule has 4 saturated carbocycles. The number of carbonyl (C=O) groups is 2. The van der Waals surface area contributed by atoms with Gasteiger partial charge < -0.3 is 15.3 Å². The molecule has 4 aliphatic carbocycles. The van der Waals surface area contributed by atoms with E-state index in [-0.39, 0.29) is 35.4 Å². The molecule has 0 bridgehead atoms. The van der Waals surface area contributed by atoms with E-state index in [0.29, 0.717) is 41.0 Å². The molecule has 0 spiro atoms. The van der Waals surface area contributed by atoms with Gasteiger partial charge in [-0.05, 0) is 104 Å². The van der Waals surface area contributed by atoms with Crippen LogP contribution in [0.2, 0.25) is 0 Å². The van der Waals surface area contributed by atoms with Gasteiger partial charge in [-0.3, -0.25) is 9.59 Å². The molecule has 0 aliphatic heterocycles. The molecule has 10 atom stereocenters. The van der Waals surface area contributed by atoms with Crippen molar-refractivity contribution in [2.24, 2.45) is 51.6 Å². The van der Waals surface area contributed by atoms with Crippen molar-refractivity contribution < 1.29 is 24.9 Å². The minimum atomic E-state index is -1.25. The number of aliphatic hydroxyl groups excluding tert-OH is 2. The molecular weight excluding hydrogens is 436 g/mol. The standard InChI is InChI=1S/C26H42N2O6/c1-15(4-7-22(31)28(27-34)14-23(32)33)18-5-6-19-24-20(9-11-26(18,19)3)25(2)10-8-17(29)12-16(25)13-21(24)30/h15-21,24,29-30H,4-14H2,1-3H3,(H,32,33)/t15-,16+,17-,18-,19+,20+,21+,24+,25+,26-/m1/s1. The number of carboxylic acids is 1. The molecule has 4 aliphatic rings. The Bertz CT molecular complexity index is 806. The first-order chi connectivity index (χ1) is 16.0. The van der Waals surface area contributed by atoms with Crippen LogP contribution in [0.4, 0.5) is 0 Å². The number of carboxylic acid groups (broad SMARTS) is 1. The van der Waals surface area contributed by atoms with Gasteiger partial charge in [0, 0.05) is 6.42 Å². The normalized spacial score (nSPS) is 44.3. The monoisotopic (exact) mass is 478 g/mol. The Kier molecular flexibility index (Phi) is 7.13. The first-order valence-electron chi connectivity index (χ1n) is 13.2. The molecule has 0 saturated heterocycles. The fourth-order valence-electron chi connectivity index (χ4n) is 9.15. The summed E-state index contributed by atoms with van der Waals surface area (Å²) in [6.07, 6.45) is 8.15. The van der Waals surface area contributed by atoms with Crippen molar-refractivity contribution >= 4 is 11.9 Å². The van der Waals surface area contributed by atoms with E-state index in [0.717, 1.165) is 51.4 Å². The van der Waals surface area contributed by atoms with Crippen molar-refractivity contribution in [3.63, 3.8) is 0 Å². The van der Waals surface area contributed by atoms with Crippen LogP contribution in [-0.4, -0.2) is 51.0 Å². The number of nitrogens with zero attached hydrogens (tertiary/aromatic N) is 2. The van der Waals surface area contributed by atoms with E-state index < -0.39 is 18.4 Å². The Morgan fingerprint density at radius 3 is 2.38 bits per heavy atom. The van der Waals surface area contributed by atoms with Crippen LogP contribution in [0.3, 0.4) is 0 Å². The number of carbonyl (C=O) groups excluding carboxylic acids is 1. The van der Waals surface area contributed by atoms with Gasteiger partial charge in [-0.25, -0.2) is 0 Å². The van der Waals surface area contributed by atoms with Crippen molar-refractivity contribution in [3.8, 4) is 0 Å². The van der Waals surface area contributed by atoms with Crippen molar-refractivity contribution in [1.29, 1.82) is 0 Å². The van der Waals surface area contributed by atoms with Crippen LogP contribution in [0, 0.1) is 51.2 Å². The molecule has 0 aromatic heterocycles. The van der Waals surface area contributed by atoms with Gasteiger partial charge in [0.25, 0.3) is 0 Å². The Balaban J connectivity index is 1.44. The highest BCUT2D eigenvalue weighted by Gasteiger charge is 2.62. The number of aliphatic carboxylic acids is 1. The third-order valence-corrected chi connectivity index (χ3v) is 10.9. The lowest BCUT2D eigenvalue weighted by Crippen LogP contribution is -2.58. The van der Waals surface area contributed by atoms with E-state index in [9.17, 15) is 24.7 Å². The third-order valence-electron chi connectivity index (χ3n) is 10.9. The van der Waals surface area contributed by atoms with Gasteiger partial charge in [-0.15, -0.1) is 4.91 Å². The molecule has 8 nitrogen and oxygen atoms in total. The zero-order valence-corrected chi connectivity index (χ0v) is 20.9. The maximum Gasteiger partial charge on any atom is 0.325 e. The van der Waals surface area contributed by atoms with Crippen molar-refractivity contribution in [3.05, 3.63) is 4.91 Å². The first-order valence-corrected chi connectivity index (χ1v) is 13.2. The van der Waals surface area contributed by atoms with E-state index in [2.05, 4.69) is 26.1 Å². The van der Waals surface area contributed by atoms with Gasteiger partial charge in [0.2, 0.25) is 5.91 Å². The highest BCUT2D eigenvalue weighted by atomic mass is 16.4. The Morgan fingerprint density at radius 1 is 1.03 bits per heavy atom. The summed E-state index contributed by atoms with van der Waals surface area (Å²) in [5.41, 5.74) is 0.321. The second kappa shape index (κ2) is 9.49. The summed E-state index contributed by atoms with van der Waals surface area (Å²) in [7, 11) is 0. The van der Waals surface area contributed by atoms with Crippen LogP contribution in [0.15, 0.2) is 5.29 Å². The Labute approximate surface area is 202 Å². The van der Waals surface area contributed by atoms with Crippen LogP contribution in [-0.2, 0) is 9.59 Å². The van der Waals surface area contributed by atoms with Gasteiger partial charge in [-0.2, -0.15) is 5.01 Å². The summed E-state index contributed by atoms with van der Waals surface area (Å²) in [6, 6.07) is 0. The van der Waals surface area contributed by atoms with Gasteiger partial charge in [0.1, 0.15) is 6.54 Å². The molecule has 0 aromatic carbocycles. The highest BCUT2D eigenvalue weighted by molar-refractivity contribution is 5.80. The van der Waals surface area contributed by atoms with E-state index in [1.165, 1.54) is 0 Å². The van der Waals surface area contributed by atoms with E-state index in [4.69, 9.17) is 5.11 Å². The number of aliphatic hydroxyl groups is 2. The molecule has 192 valence electrons. The number of fused-ring (bicyclic) bond motifs is 5. The summed E-state index contributed by atoms with van der Waals surface area (Å²) >= 11 is 0. The van der Waals surface area contributed by atoms with Crippen LogP contribution in [0.5, 0.6) is 0 Å². The maximum absolute atomic E-state index is 12.3. The minimum Gasteiger partial charge on any atom is -0.480 e. The largest absolute Gasteiger partial charge is 0.480 e. The van der Waals surface area contributed by atoms with Gasteiger partial charge >= 0.3 is 5.97 Å². The lowest BCUT2D eigenvalue weighted by Gasteiger charge is -2.62. The average molecular weight is 479 g/mol. The molecule has 0 heterocycles. The fourth-order valence-corrected chi connectivity index (χ4v) is 9.15. The maximum atomic E-state index is 12.3. The lowest BCUT2D eigenvalue weighted by atomic mass is 9.43. The summed E-state index contributed by atoms with van der Waals surface area (Å²) < 4.78 is 0. The van der Waals surface area contributed by atoms with Crippen molar-refractivity contribution in [2.45, 2.75) is 97.2 Å². The van der Waals surface area contributed by atoms with Crippen molar-refractivity contribution in [1.82, 2.24) is 5.01 Å². The van der Waals surface area contributed by atoms with Crippen LogP contribution < -0.4 is 0 Å². The number of hydrogen-bond donors (Lipinski definition) is 3. The number of rotatable bonds is 7. The van der Waals surface area contributed by atoms with E-state index >= 15 is 0 Å². The second-order valence-electron chi connectivity index (χ2n) is 12.4. The molecular formula is C26H42N2O6. The number of nitroso groups, excluding NO2 is 1. The SMILES string of the molecule is C[C@H](CCC(=O)N(CC(=O)O)N=O)[C@H]1CC[C@H]2[C@@H]3[C@@H](O)C[C@@H]4C[C@H](O)CC[C@]4(C)[C@H]3CC[C@]12C. The molecule has 0 aromatic rings. The summed E-state index contributed by atoms with van der Waals surface area (Å²) in [5.74, 6) is 0.600. The molecule has 4 fully saturated rings. The summed E-state index contributed by atoms with van der Waals surface area (Å²) in [6.45, 7) is 6.28. The summed E-state index contributed by atoms with van der Waals surface area (Å²) in [5, 5.41) is 33.6. The first kappa shape index (κ1) is 25.5. The minimum absolute atomic E-state index is 0.117. The quantitative estimate of drug-likeness (QED) is 0.375. The zero-order chi connectivity index (χ0) is 24.8. The van der Waals surface area contributed by atoms with Crippen LogP contribution in [0.1, 0.15) is 85.0 Å². The fraction of sp³-hybridized carbons (Fsp3) is 0.923. The molecule has 8 heteroatoms. The third kappa shape index (κ3) is 4.29.